The van der Waals surface area contributed by atoms with E-state index in [9.17, 15) is 5.11 Å². The fourth-order valence-corrected chi connectivity index (χ4v) is 1.91. The average molecular weight is 198 g/mol. The second-order valence-corrected chi connectivity index (χ2v) is 4.40. The highest BCUT2D eigenvalue weighted by molar-refractivity contribution is 4.95. The lowest BCUT2D eigenvalue weighted by Crippen LogP contribution is -2.36. The normalized spacial score (nSPS) is 16.4. The third kappa shape index (κ3) is 3.45. The van der Waals surface area contributed by atoms with E-state index < -0.39 is 5.60 Å². The summed E-state index contributed by atoms with van der Waals surface area (Å²) in [6.45, 7) is 12.4. The van der Waals surface area contributed by atoms with Gasteiger partial charge in [-0.15, -0.1) is 6.58 Å². The van der Waals surface area contributed by atoms with Gasteiger partial charge in [0.2, 0.25) is 0 Å². The van der Waals surface area contributed by atoms with Crippen molar-refractivity contribution in [2.45, 2.75) is 59.0 Å². The lowest BCUT2D eigenvalue weighted by atomic mass is 9.77. The molecule has 0 aromatic heterocycles. The molecule has 1 nitrogen and oxygen atoms in total. The van der Waals surface area contributed by atoms with Crippen LogP contribution in [0.1, 0.15) is 53.4 Å². The number of rotatable bonds is 7. The zero-order valence-corrected chi connectivity index (χ0v) is 10.2. The van der Waals surface area contributed by atoms with Crippen LogP contribution in [-0.4, -0.2) is 10.7 Å². The summed E-state index contributed by atoms with van der Waals surface area (Å²) in [7, 11) is 0. The van der Waals surface area contributed by atoms with Gasteiger partial charge in [-0.3, -0.25) is 0 Å². The van der Waals surface area contributed by atoms with Gasteiger partial charge in [-0.1, -0.05) is 40.2 Å². The number of hydrogen-bond donors (Lipinski definition) is 1. The van der Waals surface area contributed by atoms with E-state index in [0.717, 1.165) is 19.3 Å². The summed E-state index contributed by atoms with van der Waals surface area (Å²) in [5, 5.41) is 10.4. The second-order valence-electron chi connectivity index (χ2n) is 4.40. The van der Waals surface area contributed by atoms with Crippen LogP contribution >= 0.6 is 0 Å². The van der Waals surface area contributed by atoms with Gasteiger partial charge in [-0.2, -0.15) is 0 Å². The summed E-state index contributed by atoms with van der Waals surface area (Å²) in [6, 6.07) is 0. The Morgan fingerprint density at radius 2 is 1.79 bits per heavy atom. The molecule has 2 atom stereocenters. The van der Waals surface area contributed by atoms with Crippen molar-refractivity contribution in [2.24, 2.45) is 11.8 Å². The Morgan fingerprint density at radius 3 is 2.07 bits per heavy atom. The summed E-state index contributed by atoms with van der Waals surface area (Å²) in [5.41, 5.74) is -0.537. The van der Waals surface area contributed by atoms with Gasteiger partial charge in [0.1, 0.15) is 0 Å². The van der Waals surface area contributed by atoms with Crippen molar-refractivity contribution in [3.63, 3.8) is 0 Å². The van der Waals surface area contributed by atoms with Crippen LogP contribution in [0.25, 0.3) is 0 Å². The van der Waals surface area contributed by atoms with Crippen molar-refractivity contribution < 1.29 is 5.11 Å². The Hall–Kier alpha value is -0.300. The highest BCUT2D eigenvalue weighted by Gasteiger charge is 2.31. The van der Waals surface area contributed by atoms with Crippen LogP contribution in [-0.2, 0) is 0 Å². The minimum atomic E-state index is -0.537. The molecule has 0 aliphatic rings. The van der Waals surface area contributed by atoms with Gasteiger partial charge in [-0.05, 0) is 25.2 Å². The van der Waals surface area contributed by atoms with Crippen molar-refractivity contribution in [1.29, 1.82) is 0 Å². The number of hydrogen-bond acceptors (Lipinski definition) is 1. The molecule has 0 saturated heterocycles. The molecule has 0 aromatic carbocycles. The van der Waals surface area contributed by atoms with Crippen molar-refractivity contribution in [3.05, 3.63) is 12.7 Å². The quantitative estimate of drug-likeness (QED) is 0.617. The maximum atomic E-state index is 10.4. The second kappa shape index (κ2) is 6.23. The molecule has 0 rings (SSSR count). The Balaban J connectivity index is 4.44. The van der Waals surface area contributed by atoms with Gasteiger partial charge in [0.25, 0.3) is 0 Å². The molecule has 0 fully saturated rings. The van der Waals surface area contributed by atoms with Crippen molar-refractivity contribution >= 4 is 0 Å². The van der Waals surface area contributed by atoms with E-state index in [2.05, 4.69) is 34.3 Å². The van der Waals surface area contributed by atoms with Gasteiger partial charge >= 0.3 is 0 Å². The van der Waals surface area contributed by atoms with Gasteiger partial charge in [0.05, 0.1) is 5.60 Å². The summed E-state index contributed by atoms with van der Waals surface area (Å²) >= 11 is 0. The Labute approximate surface area is 89.2 Å². The molecule has 0 amide bonds. The summed E-state index contributed by atoms with van der Waals surface area (Å²) < 4.78 is 0. The predicted molar refractivity (Wildman–Crippen MR) is 63.3 cm³/mol. The molecule has 84 valence electrons. The van der Waals surface area contributed by atoms with Crippen LogP contribution in [0.3, 0.4) is 0 Å². The summed E-state index contributed by atoms with van der Waals surface area (Å²) in [4.78, 5) is 0. The zero-order valence-electron chi connectivity index (χ0n) is 10.2. The van der Waals surface area contributed by atoms with E-state index in [4.69, 9.17) is 0 Å². The number of aliphatic hydroxyl groups is 1. The van der Waals surface area contributed by atoms with Crippen LogP contribution in [0.15, 0.2) is 12.7 Å². The van der Waals surface area contributed by atoms with Crippen molar-refractivity contribution in [1.82, 2.24) is 0 Å². The first kappa shape index (κ1) is 13.7. The maximum Gasteiger partial charge on any atom is 0.0704 e. The maximum absolute atomic E-state index is 10.4. The molecule has 1 N–H and O–H groups in total. The largest absolute Gasteiger partial charge is 0.389 e. The van der Waals surface area contributed by atoms with Crippen LogP contribution in [0.5, 0.6) is 0 Å². The molecule has 1 heteroatoms. The molecule has 14 heavy (non-hydrogen) atoms. The SMILES string of the molecule is C=CC(CC(C)CC)C(O)(CC)CC. The standard InChI is InChI=1S/C13H26O/c1-6-11(5)10-12(7-2)13(14,8-3)9-4/h7,11-12,14H,2,6,8-10H2,1,3-5H3. The van der Waals surface area contributed by atoms with Crippen LogP contribution < -0.4 is 0 Å². The fraction of sp³-hybridized carbons (Fsp3) is 0.846. The van der Waals surface area contributed by atoms with Gasteiger partial charge in [-0.25, -0.2) is 0 Å². The van der Waals surface area contributed by atoms with Gasteiger partial charge in [0.15, 0.2) is 0 Å². The van der Waals surface area contributed by atoms with E-state index >= 15 is 0 Å². The molecule has 0 heterocycles. The van der Waals surface area contributed by atoms with Crippen LogP contribution in [0, 0.1) is 11.8 Å². The van der Waals surface area contributed by atoms with E-state index in [0.29, 0.717) is 5.92 Å². The Bertz CT molecular complexity index is 159. The molecule has 0 radical (unpaired) electrons. The lowest BCUT2D eigenvalue weighted by molar-refractivity contribution is -0.0154. The van der Waals surface area contributed by atoms with E-state index in [1.54, 1.807) is 0 Å². The molecule has 0 aliphatic carbocycles. The molecule has 2 unspecified atom stereocenters. The molecule has 0 aliphatic heterocycles. The average Bonchev–Trinajstić information content (AvgIpc) is 2.24. The van der Waals surface area contributed by atoms with E-state index in [-0.39, 0.29) is 5.92 Å². The first-order chi connectivity index (χ1) is 6.53. The highest BCUT2D eigenvalue weighted by Crippen LogP contribution is 2.31. The molecule has 0 saturated carbocycles. The monoisotopic (exact) mass is 198 g/mol. The molecular weight excluding hydrogens is 172 g/mol. The Kier molecular flexibility index (Phi) is 6.10. The first-order valence-corrected chi connectivity index (χ1v) is 5.88. The zero-order chi connectivity index (χ0) is 11.2. The molecule has 0 spiro atoms. The van der Waals surface area contributed by atoms with E-state index in [1.807, 2.05) is 6.08 Å². The summed E-state index contributed by atoms with van der Waals surface area (Å²) in [6.07, 6.45) is 5.79. The molecule has 0 aromatic rings. The van der Waals surface area contributed by atoms with Crippen LogP contribution in [0.4, 0.5) is 0 Å². The van der Waals surface area contributed by atoms with Crippen LogP contribution in [0.2, 0.25) is 0 Å². The lowest BCUT2D eigenvalue weighted by Gasteiger charge is -2.34. The summed E-state index contributed by atoms with van der Waals surface area (Å²) in [5.74, 6) is 0.912. The fourth-order valence-electron chi connectivity index (χ4n) is 1.91. The minimum Gasteiger partial charge on any atom is -0.389 e. The van der Waals surface area contributed by atoms with Crippen molar-refractivity contribution in [2.75, 3.05) is 0 Å². The predicted octanol–water partition coefficient (Wildman–Crippen LogP) is 3.78. The van der Waals surface area contributed by atoms with Gasteiger partial charge in [0, 0.05) is 5.92 Å². The third-order valence-electron chi connectivity index (χ3n) is 3.55. The Morgan fingerprint density at radius 1 is 1.29 bits per heavy atom. The molecular formula is C13H26O. The third-order valence-corrected chi connectivity index (χ3v) is 3.55. The molecule has 0 bridgehead atoms. The smallest absolute Gasteiger partial charge is 0.0704 e. The first-order valence-electron chi connectivity index (χ1n) is 5.88. The van der Waals surface area contributed by atoms with E-state index in [1.165, 1.54) is 6.42 Å². The highest BCUT2D eigenvalue weighted by atomic mass is 16.3. The topological polar surface area (TPSA) is 20.2 Å². The van der Waals surface area contributed by atoms with Crippen molar-refractivity contribution in [3.8, 4) is 0 Å². The van der Waals surface area contributed by atoms with Gasteiger partial charge < -0.3 is 5.11 Å². The minimum absolute atomic E-state index is 0.243.